The van der Waals surface area contributed by atoms with E-state index in [0.29, 0.717) is 12.8 Å². The average molecular weight is 328 g/mol. The second-order valence-corrected chi connectivity index (χ2v) is 8.73. The molecule has 3 N–H and O–H groups in total. The number of hydrogen-bond donors (Lipinski definition) is 3. The van der Waals surface area contributed by atoms with E-state index in [4.69, 9.17) is 4.74 Å². The lowest BCUT2D eigenvalue weighted by Crippen LogP contribution is -2.67. The molecule has 0 heterocycles. The van der Waals surface area contributed by atoms with Gasteiger partial charge in [0.15, 0.2) is 0 Å². The standard InChI is InChI=1S/C18H32O5/c1-13(20)23-10-9-18(22)14-11-15(2,3)5-7-17(14,12-19)8-6-16(18,4)21/h14,19,21-22H,5-12H2,1-4H3/t14-,16+,17-,18+/m1/s1. The molecule has 0 saturated heterocycles. The highest BCUT2D eigenvalue weighted by atomic mass is 16.5. The van der Waals surface area contributed by atoms with Crippen molar-refractivity contribution in [2.24, 2.45) is 16.7 Å². The molecule has 0 aliphatic heterocycles. The SMILES string of the molecule is CC(=O)OCC[C@]1(O)[C@@H]2CC(C)(C)CC[C@]2(CO)CC[C@]1(C)O. The summed E-state index contributed by atoms with van der Waals surface area (Å²) < 4.78 is 5.03. The van der Waals surface area contributed by atoms with Crippen molar-refractivity contribution in [3.8, 4) is 0 Å². The van der Waals surface area contributed by atoms with Crippen LogP contribution in [0.3, 0.4) is 0 Å². The van der Waals surface area contributed by atoms with Gasteiger partial charge in [-0.2, -0.15) is 0 Å². The van der Waals surface area contributed by atoms with E-state index in [1.54, 1.807) is 6.92 Å². The van der Waals surface area contributed by atoms with Gasteiger partial charge in [0.2, 0.25) is 0 Å². The third kappa shape index (κ3) is 3.28. The number of rotatable bonds is 4. The second kappa shape index (κ2) is 6.01. The Morgan fingerprint density at radius 1 is 1.13 bits per heavy atom. The number of esters is 1. The second-order valence-electron chi connectivity index (χ2n) is 8.73. The number of carbonyl (C=O) groups excluding carboxylic acids is 1. The van der Waals surface area contributed by atoms with Crippen LogP contribution in [0.5, 0.6) is 0 Å². The molecule has 134 valence electrons. The van der Waals surface area contributed by atoms with Gasteiger partial charge in [0.1, 0.15) is 0 Å². The first kappa shape index (κ1) is 18.7. The molecule has 2 aliphatic rings. The molecule has 0 radical (unpaired) electrons. The maximum absolute atomic E-state index is 11.5. The van der Waals surface area contributed by atoms with Crippen LogP contribution in [0.4, 0.5) is 0 Å². The summed E-state index contributed by atoms with van der Waals surface area (Å²) in [5.74, 6) is -0.593. The van der Waals surface area contributed by atoms with E-state index in [2.05, 4.69) is 13.8 Å². The maximum atomic E-state index is 11.5. The first-order valence-electron chi connectivity index (χ1n) is 8.67. The Morgan fingerprint density at radius 3 is 2.30 bits per heavy atom. The zero-order chi connectivity index (χ0) is 17.5. The Bertz CT molecular complexity index is 454. The molecule has 23 heavy (non-hydrogen) atoms. The first-order chi connectivity index (χ1) is 10.5. The number of ether oxygens (including phenoxy) is 1. The molecule has 0 aromatic heterocycles. The molecule has 0 spiro atoms. The summed E-state index contributed by atoms with van der Waals surface area (Å²) in [6, 6.07) is 0. The fourth-order valence-corrected chi connectivity index (χ4v) is 4.75. The molecular formula is C18H32O5. The van der Waals surface area contributed by atoms with Crippen molar-refractivity contribution in [1.29, 1.82) is 0 Å². The van der Waals surface area contributed by atoms with E-state index in [0.717, 1.165) is 19.3 Å². The van der Waals surface area contributed by atoms with Crippen LogP contribution in [0, 0.1) is 16.7 Å². The Labute approximate surface area is 139 Å². The van der Waals surface area contributed by atoms with Gasteiger partial charge < -0.3 is 20.1 Å². The molecule has 0 amide bonds. The summed E-state index contributed by atoms with van der Waals surface area (Å²) in [6.45, 7) is 7.46. The lowest BCUT2D eigenvalue weighted by Gasteiger charge is -2.62. The summed E-state index contributed by atoms with van der Waals surface area (Å²) >= 11 is 0. The van der Waals surface area contributed by atoms with Crippen LogP contribution in [0.25, 0.3) is 0 Å². The van der Waals surface area contributed by atoms with Gasteiger partial charge in [-0.1, -0.05) is 13.8 Å². The van der Waals surface area contributed by atoms with Crippen molar-refractivity contribution < 1.29 is 24.9 Å². The average Bonchev–Trinajstić information content (AvgIpc) is 2.44. The summed E-state index contributed by atoms with van der Waals surface area (Å²) in [5, 5.41) is 32.5. The van der Waals surface area contributed by atoms with E-state index < -0.39 is 11.2 Å². The highest BCUT2D eigenvalue weighted by Crippen LogP contribution is 2.61. The topological polar surface area (TPSA) is 87.0 Å². The van der Waals surface area contributed by atoms with Crippen LogP contribution in [-0.2, 0) is 9.53 Å². The molecule has 0 aromatic rings. The quantitative estimate of drug-likeness (QED) is 0.687. The van der Waals surface area contributed by atoms with E-state index in [9.17, 15) is 20.1 Å². The van der Waals surface area contributed by atoms with Gasteiger partial charge in [0, 0.05) is 20.0 Å². The Morgan fingerprint density at radius 2 is 1.74 bits per heavy atom. The fraction of sp³-hybridized carbons (Fsp3) is 0.944. The number of aliphatic hydroxyl groups is 3. The lowest BCUT2D eigenvalue weighted by atomic mass is 9.46. The van der Waals surface area contributed by atoms with Crippen molar-refractivity contribution in [3.05, 3.63) is 0 Å². The van der Waals surface area contributed by atoms with Crippen molar-refractivity contribution in [2.45, 2.75) is 77.4 Å². The van der Waals surface area contributed by atoms with Gasteiger partial charge in [-0.3, -0.25) is 4.79 Å². The third-order valence-corrected chi connectivity index (χ3v) is 6.52. The monoisotopic (exact) mass is 328 g/mol. The van der Waals surface area contributed by atoms with Gasteiger partial charge in [0.25, 0.3) is 0 Å². The molecule has 5 heteroatoms. The van der Waals surface area contributed by atoms with Crippen LogP contribution < -0.4 is 0 Å². The molecule has 5 nitrogen and oxygen atoms in total. The first-order valence-corrected chi connectivity index (χ1v) is 8.67. The third-order valence-electron chi connectivity index (χ3n) is 6.52. The number of aliphatic hydroxyl groups excluding tert-OH is 1. The largest absolute Gasteiger partial charge is 0.466 e. The van der Waals surface area contributed by atoms with Crippen molar-refractivity contribution in [2.75, 3.05) is 13.2 Å². The van der Waals surface area contributed by atoms with Crippen LogP contribution in [-0.4, -0.2) is 45.7 Å². The van der Waals surface area contributed by atoms with Crippen LogP contribution in [0.15, 0.2) is 0 Å². The highest BCUT2D eigenvalue weighted by molar-refractivity contribution is 5.65. The molecule has 2 rings (SSSR count). The molecule has 0 bridgehead atoms. The number of hydrogen-bond acceptors (Lipinski definition) is 5. The zero-order valence-electron chi connectivity index (χ0n) is 14.9. The summed E-state index contributed by atoms with van der Waals surface area (Å²) in [4.78, 5) is 11.0. The van der Waals surface area contributed by atoms with Gasteiger partial charge in [0.05, 0.1) is 17.8 Å². The minimum absolute atomic E-state index is 0.0275. The zero-order valence-corrected chi connectivity index (χ0v) is 14.9. The lowest BCUT2D eigenvalue weighted by molar-refractivity contribution is -0.259. The smallest absolute Gasteiger partial charge is 0.302 e. The van der Waals surface area contributed by atoms with Gasteiger partial charge in [-0.15, -0.1) is 0 Å². The highest BCUT2D eigenvalue weighted by Gasteiger charge is 2.63. The van der Waals surface area contributed by atoms with E-state index in [1.165, 1.54) is 6.92 Å². The van der Waals surface area contributed by atoms with Crippen molar-refractivity contribution in [1.82, 2.24) is 0 Å². The van der Waals surface area contributed by atoms with E-state index in [1.807, 2.05) is 0 Å². The summed E-state index contributed by atoms with van der Waals surface area (Å²) in [5.41, 5.74) is -2.89. The molecule has 2 saturated carbocycles. The van der Waals surface area contributed by atoms with Crippen LogP contribution in [0.1, 0.15) is 66.2 Å². The van der Waals surface area contributed by atoms with E-state index in [-0.39, 0.29) is 42.4 Å². The Kier molecular flexibility index (Phi) is 4.88. The molecule has 2 aliphatic carbocycles. The molecule has 0 aromatic carbocycles. The molecule has 4 atom stereocenters. The van der Waals surface area contributed by atoms with Gasteiger partial charge in [-0.25, -0.2) is 0 Å². The predicted molar refractivity (Wildman–Crippen MR) is 86.7 cm³/mol. The number of fused-ring (bicyclic) bond motifs is 1. The molecule has 0 unspecified atom stereocenters. The van der Waals surface area contributed by atoms with Gasteiger partial charge in [-0.05, 0) is 55.8 Å². The van der Waals surface area contributed by atoms with Gasteiger partial charge >= 0.3 is 5.97 Å². The minimum Gasteiger partial charge on any atom is -0.466 e. The number of carbonyl (C=O) groups is 1. The van der Waals surface area contributed by atoms with Crippen molar-refractivity contribution in [3.63, 3.8) is 0 Å². The van der Waals surface area contributed by atoms with Crippen LogP contribution >= 0.6 is 0 Å². The normalized spacial score (nSPS) is 42.8. The summed E-state index contributed by atoms with van der Waals surface area (Å²) in [6.07, 6.45) is 3.97. The molecular weight excluding hydrogens is 296 g/mol. The van der Waals surface area contributed by atoms with Crippen molar-refractivity contribution >= 4 is 5.97 Å². The van der Waals surface area contributed by atoms with E-state index >= 15 is 0 Å². The predicted octanol–water partition coefficient (Wildman–Crippen LogP) is 2.02. The maximum Gasteiger partial charge on any atom is 0.302 e. The summed E-state index contributed by atoms with van der Waals surface area (Å²) in [7, 11) is 0. The molecule has 2 fully saturated rings. The van der Waals surface area contributed by atoms with Crippen LogP contribution in [0.2, 0.25) is 0 Å². The fourth-order valence-electron chi connectivity index (χ4n) is 4.75. The minimum atomic E-state index is -1.36. The Hall–Kier alpha value is -0.650. The Balaban J connectivity index is 2.34.